The quantitative estimate of drug-likeness (QED) is 0.0257. The Balaban J connectivity index is 1.85. The predicted octanol–water partition coefficient (Wildman–Crippen LogP) is 5.99. The van der Waals surface area contributed by atoms with E-state index in [9.17, 15) is 45.6 Å². The smallest absolute Gasteiger partial charge is 0.220 e. The van der Waals surface area contributed by atoms with Crippen molar-refractivity contribution in [2.45, 2.75) is 267 Å². The molecule has 12 atom stereocenters. The molecule has 1 amide bonds. The highest BCUT2D eigenvalue weighted by Crippen LogP contribution is 2.30. The van der Waals surface area contributed by atoms with Gasteiger partial charge in [0.05, 0.1) is 32.0 Å². The summed E-state index contributed by atoms with van der Waals surface area (Å²) in [6, 6.07) is -0.906. The van der Waals surface area contributed by atoms with E-state index >= 15 is 0 Å². The number of aliphatic hydroxyl groups is 8. The normalized spacial score (nSPS) is 27.8. The molecular weight excluding hydrogens is 799 g/mol. The van der Waals surface area contributed by atoms with Gasteiger partial charge in [-0.05, 0) is 19.3 Å². The fourth-order valence-corrected chi connectivity index (χ4v) is 8.35. The lowest BCUT2D eigenvalue weighted by Crippen LogP contribution is -2.65. The van der Waals surface area contributed by atoms with Crippen LogP contribution in [-0.2, 0) is 23.7 Å². The van der Waals surface area contributed by atoms with E-state index in [0.717, 1.165) is 38.5 Å². The Morgan fingerprint density at radius 3 is 1.48 bits per heavy atom. The number of rotatable bonds is 38. The molecule has 2 rings (SSSR count). The maximum absolute atomic E-state index is 13.1. The van der Waals surface area contributed by atoms with E-state index in [4.69, 9.17) is 18.9 Å². The Kier molecular flexibility index (Phi) is 32.9. The summed E-state index contributed by atoms with van der Waals surface area (Å²) < 4.78 is 22.7. The van der Waals surface area contributed by atoms with Crippen LogP contribution in [0, 0.1) is 0 Å². The summed E-state index contributed by atoms with van der Waals surface area (Å²) in [5.74, 6) is -0.238. The van der Waals surface area contributed by atoms with Crippen LogP contribution >= 0.6 is 0 Å². The average molecular weight is 890 g/mol. The fourth-order valence-electron chi connectivity index (χ4n) is 8.35. The third-order valence-electron chi connectivity index (χ3n) is 12.5. The van der Waals surface area contributed by atoms with E-state index in [1.807, 2.05) is 6.08 Å². The van der Waals surface area contributed by atoms with Crippen LogP contribution in [0.4, 0.5) is 0 Å². The van der Waals surface area contributed by atoms with E-state index in [2.05, 4.69) is 19.2 Å². The number of allylic oxidation sites excluding steroid dienone is 1. The minimum absolute atomic E-state index is 0.238. The molecule has 2 heterocycles. The largest absolute Gasteiger partial charge is 0.394 e. The maximum Gasteiger partial charge on any atom is 0.220 e. The Morgan fingerprint density at radius 2 is 1.00 bits per heavy atom. The number of carbonyl (C=O) groups is 1. The van der Waals surface area contributed by atoms with Crippen LogP contribution in [-0.4, -0.2) is 140 Å². The summed E-state index contributed by atoms with van der Waals surface area (Å²) >= 11 is 0. The minimum Gasteiger partial charge on any atom is -0.394 e. The van der Waals surface area contributed by atoms with Gasteiger partial charge in [-0.25, -0.2) is 0 Å². The zero-order chi connectivity index (χ0) is 45.4. The van der Waals surface area contributed by atoms with Crippen LogP contribution < -0.4 is 5.32 Å². The van der Waals surface area contributed by atoms with Crippen molar-refractivity contribution in [3.8, 4) is 0 Å². The van der Waals surface area contributed by atoms with Crippen molar-refractivity contribution in [1.29, 1.82) is 0 Å². The summed E-state index contributed by atoms with van der Waals surface area (Å²) in [7, 11) is 0. The van der Waals surface area contributed by atoms with Crippen molar-refractivity contribution in [2.24, 2.45) is 0 Å². The third-order valence-corrected chi connectivity index (χ3v) is 12.5. The lowest BCUT2D eigenvalue weighted by molar-refractivity contribution is -0.359. The number of aliphatic hydroxyl groups excluding tert-OH is 8. The SMILES string of the molecule is CCCCCCCCCCCC/C=C/[C@@H](O)[C@H](CO[C@@H]1O[C@H](CO)[C@@H](O[C@@H]2O[C@H](CO)[C@H](O)C(O)C2O)C(O)C1O)NC(=O)CCCCCCCCCCCCCCCCCC. The molecular formula is C48H91NO13. The molecule has 0 aliphatic carbocycles. The number of hydrogen-bond acceptors (Lipinski definition) is 13. The van der Waals surface area contributed by atoms with E-state index in [1.165, 1.54) is 128 Å². The number of carbonyl (C=O) groups excluding carboxylic acids is 1. The highest BCUT2D eigenvalue weighted by Gasteiger charge is 2.51. The molecule has 0 aromatic carbocycles. The van der Waals surface area contributed by atoms with Crippen LogP contribution in [0.5, 0.6) is 0 Å². The van der Waals surface area contributed by atoms with Crippen molar-refractivity contribution in [3.63, 3.8) is 0 Å². The van der Waals surface area contributed by atoms with Gasteiger partial charge in [-0.3, -0.25) is 4.79 Å². The molecule has 14 heteroatoms. The van der Waals surface area contributed by atoms with Crippen molar-refractivity contribution >= 4 is 5.91 Å². The van der Waals surface area contributed by atoms with Gasteiger partial charge >= 0.3 is 0 Å². The average Bonchev–Trinajstić information content (AvgIpc) is 3.27. The van der Waals surface area contributed by atoms with E-state index in [-0.39, 0.29) is 18.9 Å². The Labute approximate surface area is 374 Å². The second-order valence-corrected chi connectivity index (χ2v) is 18.0. The molecule has 0 saturated carbocycles. The van der Waals surface area contributed by atoms with Crippen LogP contribution in [0.25, 0.3) is 0 Å². The van der Waals surface area contributed by atoms with Crippen molar-refractivity contribution in [3.05, 3.63) is 12.2 Å². The third kappa shape index (κ3) is 23.3. The first-order valence-electron chi connectivity index (χ1n) is 24.9. The summed E-state index contributed by atoms with van der Waals surface area (Å²) in [6.45, 7) is 2.78. The molecule has 0 aromatic rings. The van der Waals surface area contributed by atoms with Gasteiger partial charge in [0.25, 0.3) is 0 Å². The summed E-state index contributed by atoms with van der Waals surface area (Å²) in [4.78, 5) is 13.1. The van der Waals surface area contributed by atoms with Gasteiger partial charge in [-0.2, -0.15) is 0 Å². The highest BCUT2D eigenvalue weighted by molar-refractivity contribution is 5.76. The minimum atomic E-state index is -1.78. The molecule has 2 aliphatic rings. The van der Waals surface area contributed by atoms with Crippen LogP contribution in [0.1, 0.15) is 194 Å². The molecule has 0 bridgehead atoms. The molecule has 2 fully saturated rings. The van der Waals surface area contributed by atoms with Gasteiger partial charge in [-0.1, -0.05) is 180 Å². The van der Waals surface area contributed by atoms with E-state index in [0.29, 0.717) is 6.42 Å². The van der Waals surface area contributed by atoms with Gasteiger partial charge in [-0.15, -0.1) is 0 Å². The number of ether oxygens (including phenoxy) is 4. The number of amides is 1. The van der Waals surface area contributed by atoms with Crippen LogP contribution in [0.15, 0.2) is 12.2 Å². The van der Waals surface area contributed by atoms with Crippen molar-refractivity contribution in [1.82, 2.24) is 5.32 Å². The number of nitrogens with one attached hydrogen (secondary N) is 1. The van der Waals surface area contributed by atoms with Crippen molar-refractivity contribution in [2.75, 3.05) is 19.8 Å². The van der Waals surface area contributed by atoms with Crippen LogP contribution in [0.2, 0.25) is 0 Å². The van der Waals surface area contributed by atoms with Gasteiger partial charge in [0.2, 0.25) is 5.91 Å². The summed E-state index contributed by atoms with van der Waals surface area (Å²) in [6.07, 6.45) is 19.6. The topological polar surface area (TPSA) is 228 Å². The molecule has 0 spiro atoms. The first-order valence-corrected chi connectivity index (χ1v) is 24.9. The van der Waals surface area contributed by atoms with Crippen molar-refractivity contribution < 1.29 is 64.6 Å². The van der Waals surface area contributed by atoms with Gasteiger partial charge < -0.3 is 65.1 Å². The standard InChI is InChI=1S/C48H91NO13/c1-3-5-7-9-11-13-15-17-18-19-20-22-24-26-28-30-32-40(53)49-36(37(52)31-29-27-25-23-21-16-14-12-10-8-6-4-2)35-59-47-45(58)43(56)46(39(34-51)61-47)62-48-44(57)42(55)41(54)38(33-50)60-48/h29,31,36-39,41-48,50-52,54-58H,3-28,30,32-35H2,1-2H3,(H,49,53)/b31-29+/t36-,37+,38+,39+,41-,42?,43?,44?,45?,46+,47+,48-/m0/s1. The predicted molar refractivity (Wildman–Crippen MR) is 240 cm³/mol. The molecule has 62 heavy (non-hydrogen) atoms. The first kappa shape index (κ1) is 56.9. The summed E-state index contributed by atoms with van der Waals surface area (Å²) in [5, 5.41) is 86.6. The lowest BCUT2D eigenvalue weighted by atomic mass is 9.97. The molecule has 366 valence electrons. The molecule has 0 radical (unpaired) electrons. The molecule has 14 nitrogen and oxygen atoms in total. The Morgan fingerprint density at radius 1 is 0.565 bits per heavy atom. The second-order valence-electron chi connectivity index (χ2n) is 18.0. The number of unbranched alkanes of at least 4 members (excludes halogenated alkanes) is 25. The highest BCUT2D eigenvalue weighted by atomic mass is 16.7. The molecule has 0 aromatic heterocycles. The zero-order valence-corrected chi connectivity index (χ0v) is 38.6. The molecule has 9 N–H and O–H groups in total. The monoisotopic (exact) mass is 890 g/mol. The zero-order valence-electron chi connectivity index (χ0n) is 38.6. The molecule has 2 aliphatic heterocycles. The van der Waals surface area contributed by atoms with Gasteiger partial charge in [0.1, 0.15) is 48.8 Å². The van der Waals surface area contributed by atoms with Crippen LogP contribution in [0.3, 0.4) is 0 Å². The lowest BCUT2D eigenvalue weighted by Gasteiger charge is -2.46. The Bertz CT molecular complexity index is 1100. The molecule has 2 saturated heterocycles. The van der Waals surface area contributed by atoms with Gasteiger partial charge in [0.15, 0.2) is 12.6 Å². The second kappa shape index (κ2) is 35.9. The maximum atomic E-state index is 13.1. The fraction of sp³-hybridized carbons (Fsp3) is 0.938. The number of hydrogen-bond donors (Lipinski definition) is 9. The van der Waals surface area contributed by atoms with E-state index in [1.54, 1.807) is 6.08 Å². The Hall–Kier alpha value is -1.27. The molecule has 4 unspecified atom stereocenters. The van der Waals surface area contributed by atoms with E-state index < -0.39 is 86.8 Å². The summed E-state index contributed by atoms with van der Waals surface area (Å²) in [5.41, 5.74) is 0. The first-order chi connectivity index (χ1) is 30.1. The van der Waals surface area contributed by atoms with Gasteiger partial charge in [0, 0.05) is 6.42 Å².